The van der Waals surface area contributed by atoms with Crippen molar-refractivity contribution in [3.8, 4) is 5.75 Å². The molecule has 0 fully saturated rings. The van der Waals surface area contributed by atoms with Crippen LogP contribution in [0.1, 0.15) is 46.0 Å². The molecule has 0 aliphatic heterocycles. The summed E-state index contributed by atoms with van der Waals surface area (Å²) < 4.78 is 5.29. The second kappa shape index (κ2) is 9.61. The van der Waals surface area contributed by atoms with E-state index in [0.717, 1.165) is 24.2 Å². The summed E-state index contributed by atoms with van der Waals surface area (Å²) >= 11 is 0. The third-order valence-electron chi connectivity index (χ3n) is 4.20. The molecule has 0 aromatic heterocycles. The van der Waals surface area contributed by atoms with E-state index in [0.29, 0.717) is 24.2 Å². The molecule has 0 saturated heterocycles. The van der Waals surface area contributed by atoms with E-state index >= 15 is 0 Å². The van der Waals surface area contributed by atoms with Crippen molar-refractivity contribution >= 4 is 11.8 Å². The quantitative estimate of drug-likeness (QED) is 0.789. The number of nitrogens with one attached hydrogen (secondary N) is 1. The second-order valence-corrected chi connectivity index (χ2v) is 6.16. The largest absolute Gasteiger partial charge is 0.496 e. The van der Waals surface area contributed by atoms with Crippen LogP contribution in [0.4, 0.5) is 0 Å². The summed E-state index contributed by atoms with van der Waals surface area (Å²) in [6.45, 7) is 3.15. The van der Waals surface area contributed by atoms with E-state index < -0.39 is 0 Å². The number of rotatable bonds is 8. The van der Waals surface area contributed by atoms with Gasteiger partial charge in [-0.25, -0.2) is 0 Å². The zero-order chi connectivity index (χ0) is 18.9. The fourth-order valence-electron chi connectivity index (χ4n) is 2.64. The molecular weight excluding hydrogens is 328 g/mol. The van der Waals surface area contributed by atoms with Crippen LogP contribution in [-0.4, -0.2) is 37.4 Å². The summed E-state index contributed by atoms with van der Waals surface area (Å²) in [5.74, 6) is 0.439. The van der Waals surface area contributed by atoms with Gasteiger partial charge in [0, 0.05) is 36.8 Å². The number of hydrogen-bond donors (Lipinski definition) is 1. The minimum absolute atomic E-state index is 0.0715. The number of methoxy groups -OCH3 is 1. The third kappa shape index (κ3) is 5.09. The highest BCUT2D eigenvalue weighted by molar-refractivity contribution is 5.99. The molecule has 2 aromatic carbocycles. The van der Waals surface area contributed by atoms with Crippen LogP contribution in [0.2, 0.25) is 0 Å². The van der Waals surface area contributed by atoms with Crippen LogP contribution in [0, 0.1) is 0 Å². The molecule has 26 heavy (non-hydrogen) atoms. The molecule has 0 radical (unpaired) electrons. The van der Waals surface area contributed by atoms with Crippen molar-refractivity contribution in [1.82, 2.24) is 10.2 Å². The molecule has 5 heteroatoms. The van der Waals surface area contributed by atoms with Crippen molar-refractivity contribution in [3.05, 3.63) is 65.2 Å². The number of ether oxygens (including phenoxy) is 1. The summed E-state index contributed by atoms with van der Waals surface area (Å²) in [6, 6.07) is 14.4. The maximum atomic E-state index is 12.5. The van der Waals surface area contributed by atoms with Gasteiger partial charge in [0.2, 0.25) is 0 Å². The van der Waals surface area contributed by atoms with Gasteiger partial charge in [0.1, 0.15) is 5.75 Å². The standard InChI is InChI=1S/C21H26N2O3/c1-4-5-13-23(2)21(25)17-11-8-10-16(14-17)20(24)22-15-18-9-6-7-12-19(18)26-3/h6-12,14H,4-5,13,15H2,1-3H3,(H,22,24). The molecule has 0 spiro atoms. The van der Waals surface area contributed by atoms with E-state index in [1.807, 2.05) is 24.3 Å². The second-order valence-electron chi connectivity index (χ2n) is 6.16. The van der Waals surface area contributed by atoms with Gasteiger partial charge in [0.15, 0.2) is 0 Å². The predicted molar refractivity (Wildman–Crippen MR) is 102 cm³/mol. The summed E-state index contributed by atoms with van der Waals surface area (Å²) in [6.07, 6.45) is 1.99. The predicted octanol–water partition coefficient (Wildman–Crippen LogP) is 3.50. The van der Waals surface area contributed by atoms with Crippen LogP contribution in [0.3, 0.4) is 0 Å². The average Bonchev–Trinajstić information content (AvgIpc) is 2.69. The van der Waals surface area contributed by atoms with E-state index in [9.17, 15) is 9.59 Å². The Morgan fingerprint density at radius 3 is 2.54 bits per heavy atom. The zero-order valence-corrected chi connectivity index (χ0v) is 15.6. The van der Waals surface area contributed by atoms with Crippen molar-refractivity contribution in [2.75, 3.05) is 20.7 Å². The molecular formula is C21H26N2O3. The Morgan fingerprint density at radius 2 is 1.81 bits per heavy atom. The molecule has 2 rings (SSSR count). The number of carbonyl (C=O) groups is 2. The van der Waals surface area contributed by atoms with Crippen LogP contribution in [0.5, 0.6) is 5.75 Å². The van der Waals surface area contributed by atoms with Crippen molar-refractivity contribution in [2.45, 2.75) is 26.3 Å². The first-order valence-corrected chi connectivity index (χ1v) is 8.82. The molecule has 2 aromatic rings. The van der Waals surface area contributed by atoms with E-state index in [1.54, 1.807) is 43.3 Å². The smallest absolute Gasteiger partial charge is 0.253 e. The van der Waals surface area contributed by atoms with Gasteiger partial charge in [0.05, 0.1) is 7.11 Å². The number of hydrogen-bond acceptors (Lipinski definition) is 3. The Hall–Kier alpha value is -2.82. The monoisotopic (exact) mass is 354 g/mol. The van der Waals surface area contributed by atoms with Gasteiger partial charge in [0.25, 0.3) is 11.8 Å². The Morgan fingerprint density at radius 1 is 1.08 bits per heavy atom. The van der Waals surface area contributed by atoms with Gasteiger partial charge in [-0.05, 0) is 30.7 Å². The summed E-state index contributed by atoms with van der Waals surface area (Å²) in [5.41, 5.74) is 1.89. The molecule has 0 saturated carbocycles. The van der Waals surface area contributed by atoms with Crippen LogP contribution in [0.25, 0.3) is 0 Å². The number of para-hydroxylation sites is 1. The van der Waals surface area contributed by atoms with Crippen LogP contribution < -0.4 is 10.1 Å². The van der Waals surface area contributed by atoms with E-state index in [2.05, 4.69) is 12.2 Å². The molecule has 0 aliphatic rings. The van der Waals surface area contributed by atoms with Crippen molar-refractivity contribution in [2.24, 2.45) is 0 Å². The lowest BCUT2D eigenvalue weighted by atomic mass is 10.1. The molecule has 138 valence electrons. The summed E-state index contributed by atoms with van der Waals surface area (Å²) in [7, 11) is 3.39. The minimum Gasteiger partial charge on any atom is -0.496 e. The summed E-state index contributed by atoms with van der Waals surface area (Å²) in [4.78, 5) is 26.6. The average molecular weight is 354 g/mol. The van der Waals surface area contributed by atoms with Crippen molar-refractivity contribution in [1.29, 1.82) is 0 Å². The van der Waals surface area contributed by atoms with Crippen molar-refractivity contribution < 1.29 is 14.3 Å². The maximum Gasteiger partial charge on any atom is 0.253 e. The van der Waals surface area contributed by atoms with E-state index in [1.165, 1.54) is 0 Å². The highest BCUT2D eigenvalue weighted by Gasteiger charge is 2.14. The van der Waals surface area contributed by atoms with Gasteiger partial charge in [-0.15, -0.1) is 0 Å². The molecule has 0 bridgehead atoms. The lowest BCUT2D eigenvalue weighted by Gasteiger charge is -2.17. The fourth-order valence-corrected chi connectivity index (χ4v) is 2.64. The van der Waals surface area contributed by atoms with Gasteiger partial charge in [-0.1, -0.05) is 37.6 Å². The SMILES string of the molecule is CCCCN(C)C(=O)c1cccc(C(=O)NCc2ccccc2OC)c1. The molecule has 0 unspecified atom stereocenters. The molecule has 0 heterocycles. The van der Waals surface area contributed by atoms with Crippen LogP contribution >= 0.6 is 0 Å². The summed E-state index contributed by atoms with van der Waals surface area (Å²) in [5, 5.41) is 2.88. The number of carbonyl (C=O) groups excluding carboxylic acids is 2. The topological polar surface area (TPSA) is 58.6 Å². The minimum atomic E-state index is -0.221. The highest BCUT2D eigenvalue weighted by atomic mass is 16.5. The molecule has 0 atom stereocenters. The number of benzene rings is 2. The number of nitrogens with zero attached hydrogens (tertiary/aromatic N) is 1. The van der Waals surface area contributed by atoms with Crippen LogP contribution in [-0.2, 0) is 6.54 Å². The Labute approximate surface area is 155 Å². The van der Waals surface area contributed by atoms with E-state index in [-0.39, 0.29) is 11.8 Å². The van der Waals surface area contributed by atoms with Gasteiger partial charge < -0.3 is 15.0 Å². The first kappa shape index (κ1) is 19.5. The normalized spacial score (nSPS) is 10.3. The number of amides is 2. The lowest BCUT2D eigenvalue weighted by molar-refractivity contribution is 0.0793. The van der Waals surface area contributed by atoms with E-state index in [4.69, 9.17) is 4.74 Å². The van der Waals surface area contributed by atoms with Crippen molar-refractivity contribution in [3.63, 3.8) is 0 Å². The Balaban J connectivity index is 2.04. The van der Waals surface area contributed by atoms with Gasteiger partial charge in [-0.2, -0.15) is 0 Å². The molecule has 0 aliphatic carbocycles. The van der Waals surface area contributed by atoms with Gasteiger partial charge >= 0.3 is 0 Å². The third-order valence-corrected chi connectivity index (χ3v) is 4.20. The first-order valence-electron chi connectivity index (χ1n) is 8.82. The Kier molecular flexibility index (Phi) is 7.21. The molecule has 1 N–H and O–H groups in total. The Bertz CT molecular complexity index is 758. The van der Waals surface area contributed by atoms with Crippen LogP contribution in [0.15, 0.2) is 48.5 Å². The maximum absolute atomic E-state index is 12.5. The molecule has 2 amide bonds. The lowest BCUT2D eigenvalue weighted by Crippen LogP contribution is -2.28. The fraction of sp³-hybridized carbons (Fsp3) is 0.333. The first-order chi connectivity index (χ1) is 12.6. The number of unbranched alkanes of at least 4 members (excludes halogenated alkanes) is 1. The molecule has 5 nitrogen and oxygen atoms in total. The van der Waals surface area contributed by atoms with Gasteiger partial charge in [-0.3, -0.25) is 9.59 Å². The highest BCUT2D eigenvalue weighted by Crippen LogP contribution is 2.17. The zero-order valence-electron chi connectivity index (χ0n) is 15.6.